The second-order valence-electron chi connectivity index (χ2n) is 5.07. The molecule has 1 aliphatic carbocycles. The summed E-state index contributed by atoms with van der Waals surface area (Å²) in [6.45, 7) is 4.35. The molecular formula is C13H22ClO3P. The molecule has 3 nitrogen and oxygen atoms in total. The number of rotatable bonds is 5. The lowest BCUT2D eigenvalue weighted by molar-refractivity contribution is 0.106. The molecule has 1 saturated carbocycles. The summed E-state index contributed by atoms with van der Waals surface area (Å²) < 4.78 is 24.2. The third-order valence-electron chi connectivity index (χ3n) is 3.76. The van der Waals surface area contributed by atoms with E-state index in [1.807, 2.05) is 6.92 Å². The molecule has 1 aliphatic heterocycles. The monoisotopic (exact) mass is 292 g/mol. The van der Waals surface area contributed by atoms with E-state index in [-0.39, 0.29) is 0 Å². The quantitative estimate of drug-likeness (QED) is 0.653. The van der Waals surface area contributed by atoms with Gasteiger partial charge in [-0.05, 0) is 32.6 Å². The molecule has 104 valence electrons. The Labute approximate surface area is 114 Å². The van der Waals surface area contributed by atoms with Crippen molar-refractivity contribution in [3.63, 3.8) is 0 Å². The molecule has 0 saturated heterocycles. The van der Waals surface area contributed by atoms with Crippen LogP contribution in [0.3, 0.4) is 0 Å². The first kappa shape index (κ1) is 14.6. The minimum atomic E-state index is -3.13. The van der Waals surface area contributed by atoms with Gasteiger partial charge in [-0.25, -0.2) is 0 Å². The zero-order valence-electron chi connectivity index (χ0n) is 11.2. The minimum absolute atomic E-state index is 0.396. The second-order valence-corrected chi connectivity index (χ2v) is 7.43. The Morgan fingerprint density at radius 1 is 1.39 bits per heavy atom. The maximum atomic E-state index is 12.8. The SMILES string of the molecule is CCCCC1=C(Cl)C2(CCCC2)OP1(=O)OCC. The molecule has 0 aromatic carbocycles. The summed E-state index contributed by atoms with van der Waals surface area (Å²) >= 11 is 6.50. The minimum Gasteiger partial charge on any atom is -0.306 e. The van der Waals surface area contributed by atoms with Crippen LogP contribution in [-0.2, 0) is 13.6 Å². The highest BCUT2D eigenvalue weighted by Gasteiger charge is 2.54. The highest BCUT2D eigenvalue weighted by molar-refractivity contribution is 7.59. The summed E-state index contributed by atoms with van der Waals surface area (Å²) in [5.74, 6) is 0. The fraction of sp³-hybridized carbons (Fsp3) is 0.846. The zero-order valence-corrected chi connectivity index (χ0v) is 12.9. The summed E-state index contributed by atoms with van der Waals surface area (Å²) in [5, 5.41) is 1.43. The van der Waals surface area contributed by atoms with Crippen LogP contribution < -0.4 is 0 Å². The zero-order chi connectivity index (χ0) is 13.2. The van der Waals surface area contributed by atoms with Gasteiger partial charge in [0.2, 0.25) is 0 Å². The number of hydrogen-bond donors (Lipinski definition) is 0. The summed E-state index contributed by atoms with van der Waals surface area (Å²) in [5.41, 5.74) is -0.491. The largest absolute Gasteiger partial charge is 0.359 e. The predicted octanol–water partition coefficient (Wildman–Crippen LogP) is 5.20. The summed E-state index contributed by atoms with van der Waals surface area (Å²) in [6.07, 6.45) is 6.67. The number of allylic oxidation sites excluding steroid dienone is 1. The Morgan fingerprint density at radius 2 is 2.06 bits per heavy atom. The maximum absolute atomic E-state index is 12.8. The Morgan fingerprint density at radius 3 is 2.61 bits per heavy atom. The van der Waals surface area contributed by atoms with Crippen molar-refractivity contribution in [1.82, 2.24) is 0 Å². The van der Waals surface area contributed by atoms with Crippen LogP contribution in [0.1, 0.15) is 58.8 Å². The molecule has 0 N–H and O–H groups in total. The molecule has 2 aliphatic rings. The van der Waals surface area contributed by atoms with E-state index in [1.165, 1.54) is 0 Å². The Bertz CT molecular complexity index is 386. The van der Waals surface area contributed by atoms with E-state index in [4.69, 9.17) is 20.6 Å². The van der Waals surface area contributed by atoms with Crippen LogP contribution in [0, 0.1) is 0 Å². The van der Waals surface area contributed by atoms with E-state index >= 15 is 0 Å². The Hall–Kier alpha value is 0.180. The van der Waals surface area contributed by atoms with Crippen molar-refractivity contribution in [1.29, 1.82) is 0 Å². The average molecular weight is 293 g/mol. The van der Waals surface area contributed by atoms with Crippen molar-refractivity contribution in [3.05, 3.63) is 10.3 Å². The third-order valence-corrected chi connectivity index (χ3v) is 6.76. The van der Waals surface area contributed by atoms with E-state index < -0.39 is 13.2 Å². The lowest BCUT2D eigenvalue weighted by Crippen LogP contribution is -2.24. The lowest BCUT2D eigenvalue weighted by Gasteiger charge is -2.24. The van der Waals surface area contributed by atoms with Crippen molar-refractivity contribution in [2.24, 2.45) is 0 Å². The van der Waals surface area contributed by atoms with Gasteiger partial charge in [0.05, 0.1) is 17.0 Å². The van der Waals surface area contributed by atoms with Gasteiger partial charge < -0.3 is 4.52 Å². The van der Waals surface area contributed by atoms with E-state index in [1.54, 1.807) is 0 Å². The van der Waals surface area contributed by atoms with Crippen molar-refractivity contribution < 1.29 is 13.6 Å². The van der Waals surface area contributed by atoms with Crippen LogP contribution in [0.4, 0.5) is 0 Å². The standard InChI is InChI=1S/C13H22ClO3P/c1-3-5-8-11-12(14)13(9-6-7-10-13)17-18(11,15)16-4-2/h3-10H2,1-2H3. The van der Waals surface area contributed by atoms with Crippen LogP contribution in [0.5, 0.6) is 0 Å². The number of halogens is 1. The fourth-order valence-electron chi connectivity index (χ4n) is 2.83. The topological polar surface area (TPSA) is 35.5 Å². The highest BCUT2D eigenvalue weighted by Crippen LogP contribution is 2.71. The molecule has 0 aromatic rings. The summed E-state index contributed by atoms with van der Waals surface area (Å²) in [6, 6.07) is 0. The smallest absolute Gasteiger partial charge is 0.306 e. The van der Waals surface area contributed by atoms with E-state index in [0.29, 0.717) is 11.6 Å². The first-order chi connectivity index (χ1) is 8.58. The van der Waals surface area contributed by atoms with Gasteiger partial charge in [0.25, 0.3) is 0 Å². The fourth-order valence-corrected chi connectivity index (χ4v) is 5.79. The van der Waals surface area contributed by atoms with Gasteiger partial charge in [-0.2, -0.15) is 0 Å². The van der Waals surface area contributed by atoms with Gasteiger partial charge in [-0.1, -0.05) is 37.8 Å². The van der Waals surface area contributed by atoms with Crippen LogP contribution in [0.2, 0.25) is 0 Å². The Kier molecular flexibility index (Phi) is 4.59. The van der Waals surface area contributed by atoms with Crippen molar-refractivity contribution in [2.45, 2.75) is 64.4 Å². The molecule has 2 rings (SSSR count). The normalized spacial score (nSPS) is 30.6. The van der Waals surface area contributed by atoms with Gasteiger partial charge in [-0.3, -0.25) is 9.09 Å². The maximum Gasteiger partial charge on any atom is 0.359 e. The molecule has 0 radical (unpaired) electrons. The van der Waals surface area contributed by atoms with Gasteiger partial charge in [0.1, 0.15) is 5.60 Å². The molecule has 1 heterocycles. The highest BCUT2D eigenvalue weighted by atomic mass is 35.5. The molecule has 18 heavy (non-hydrogen) atoms. The molecule has 1 unspecified atom stereocenters. The molecule has 5 heteroatoms. The summed E-state index contributed by atoms with van der Waals surface area (Å²) in [4.78, 5) is 0. The first-order valence-electron chi connectivity index (χ1n) is 6.93. The van der Waals surface area contributed by atoms with Gasteiger partial charge in [-0.15, -0.1) is 0 Å². The van der Waals surface area contributed by atoms with Crippen LogP contribution >= 0.6 is 19.2 Å². The lowest BCUT2D eigenvalue weighted by atomic mass is 10.0. The molecular weight excluding hydrogens is 271 g/mol. The van der Waals surface area contributed by atoms with Crippen molar-refractivity contribution in [2.75, 3.05) is 6.61 Å². The predicted molar refractivity (Wildman–Crippen MR) is 73.9 cm³/mol. The first-order valence-corrected chi connectivity index (χ1v) is 8.85. The molecule has 0 amide bonds. The Balaban J connectivity index is 2.31. The molecule has 1 atom stereocenters. The summed E-state index contributed by atoms with van der Waals surface area (Å²) in [7, 11) is -3.13. The second kappa shape index (κ2) is 5.66. The van der Waals surface area contributed by atoms with Gasteiger partial charge >= 0.3 is 7.60 Å². The van der Waals surface area contributed by atoms with E-state index in [9.17, 15) is 4.57 Å². The van der Waals surface area contributed by atoms with Crippen molar-refractivity contribution in [3.8, 4) is 0 Å². The molecule has 0 aromatic heterocycles. The number of hydrogen-bond acceptors (Lipinski definition) is 3. The molecule has 0 bridgehead atoms. The third kappa shape index (κ3) is 2.43. The van der Waals surface area contributed by atoms with Gasteiger partial charge in [0.15, 0.2) is 0 Å². The molecule has 1 fully saturated rings. The van der Waals surface area contributed by atoms with Crippen LogP contribution in [0.25, 0.3) is 0 Å². The van der Waals surface area contributed by atoms with Crippen LogP contribution in [0.15, 0.2) is 10.3 Å². The van der Waals surface area contributed by atoms with E-state index in [2.05, 4.69) is 6.92 Å². The van der Waals surface area contributed by atoms with E-state index in [0.717, 1.165) is 50.3 Å². The van der Waals surface area contributed by atoms with Crippen LogP contribution in [-0.4, -0.2) is 12.2 Å². The number of unbranched alkanes of at least 4 members (excludes halogenated alkanes) is 1. The van der Waals surface area contributed by atoms with Gasteiger partial charge in [0, 0.05) is 0 Å². The van der Waals surface area contributed by atoms with Crippen molar-refractivity contribution >= 4 is 19.2 Å². The average Bonchev–Trinajstić information content (AvgIpc) is 2.85. The molecule has 1 spiro atoms.